The van der Waals surface area contributed by atoms with Gasteiger partial charge >= 0.3 is 0 Å². The number of fused-ring (bicyclic) bond motifs is 4. The lowest BCUT2D eigenvalue weighted by atomic mass is 9.68. The predicted molar refractivity (Wildman–Crippen MR) is 216 cm³/mol. The Morgan fingerprint density at radius 1 is 1.05 bits per heavy atom. The van der Waals surface area contributed by atoms with E-state index in [4.69, 9.17) is 30.5 Å². The largest absolute Gasteiger partial charge is 0.497 e. The summed E-state index contributed by atoms with van der Waals surface area (Å²) < 4.78 is 53.7. The number of sulfonamides is 1. The summed E-state index contributed by atoms with van der Waals surface area (Å²) in [5, 5.41) is 3.45. The van der Waals surface area contributed by atoms with E-state index in [-0.39, 0.29) is 23.4 Å². The molecule has 2 bridgehead atoms. The van der Waals surface area contributed by atoms with Crippen LogP contribution in [0, 0.1) is 17.8 Å². The van der Waals surface area contributed by atoms with E-state index in [0.29, 0.717) is 56.5 Å². The highest BCUT2D eigenvalue weighted by Gasteiger charge is 2.44. The topological polar surface area (TPSA) is 115 Å². The van der Waals surface area contributed by atoms with Crippen LogP contribution < -0.4 is 29.1 Å². The van der Waals surface area contributed by atoms with Crippen LogP contribution in [-0.4, -0.2) is 72.7 Å². The highest BCUT2D eigenvalue weighted by Crippen LogP contribution is 2.47. The molecule has 296 valence electrons. The zero-order chi connectivity index (χ0) is 38.7. The molecule has 2 aliphatic heterocycles. The molecule has 2 N–H and O–H groups in total. The fourth-order valence-corrected chi connectivity index (χ4v) is 10.3. The zero-order valence-electron chi connectivity index (χ0n) is 32.3. The number of benzene rings is 3. The van der Waals surface area contributed by atoms with Gasteiger partial charge in [-0.2, -0.15) is 0 Å². The van der Waals surface area contributed by atoms with Crippen LogP contribution in [0.4, 0.5) is 5.69 Å². The molecule has 2 heterocycles. The third-order valence-corrected chi connectivity index (χ3v) is 14.6. The molecular formula is C43H54ClN3O7S. The number of allylic oxidation sites excluding steroid dienone is 1. The molecule has 0 unspecified atom stereocenters. The van der Waals surface area contributed by atoms with E-state index < -0.39 is 21.2 Å². The first-order valence-corrected chi connectivity index (χ1v) is 21.5. The molecule has 10 nitrogen and oxygen atoms in total. The van der Waals surface area contributed by atoms with Crippen LogP contribution in [0.5, 0.6) is 17.2 Å². The van der Waals surface area contributed by atoms with Crippen LogP contribution in [0.1, 0.15) is 73.0 Å². The lowest BCUT2D eigenvalue weighted by Gasteiger charge is -2.46. The Balaban J connectivity index is 1.16. The van der Waals surface area contributed by atoms with Gasteiger partial charge in [-0.25, -0.2) is 13.1 Å². The maximum Gasteiger partial charge on any atom is 0.264 e. The molecule has 0 aromatic heterocycles. The van der Waals surface area contributed by atoms with Crippen molar-refractivity contribution >= 4 is 33.2 Å². The SMILES string of the molecule is COc1ccc(CNCCO[C@H]2/C=C\C[C@H](C)[C@@H](C)S(=O)(=O)NC(=O)c3ccc4c(c3)N(C[C@@H]3CC[C@H]32)C[C@@]2(CCCc3cc(Cl)ccc32)CO4)c(OC)c1. The van der Waals surface area contributed by atoms with Crippen LogP contribution in [-0.2, 0) is 33.1 Å². The minimum atomic E-state index is -3.96. The zero-order valence-corrected chi connectivity index (χ0v) is 33.9. The standard InChI is InChI=1S/C43H54ClN3O7S/c1-28-7-5-9-39(53-20-19-45-24-32-10-14-35(51-3)23-41(32)52-4)36-15-11-33(36)25-47-26-43(18-6-8-30-21-34(44)13-16-37(30)43)27-54-40-17-12-31(22-38(40)47)42(48)46-55(49,50)29(28)2/h5,9-10,12-14,16-17,21-23,28-29,33,36,39,45H,6-8,11,15,18-20,24-27H2,1-4H3,(H,46,48)/b9-5-/t28-,29+,33-,36+,39-,43-/m0/s1. The average Bonchev–Trinajstić information content (AvgIpc) is 3.31. The number of carbonyl (C=O) groups excluding carboxylic acids is 1. The number of amides is 1. The number of rotatable bonds is 8. The molecule has 1 fully saturated rings. The normalized spacial score (nSPS) is 28.1. The van der Waals surface area contributed by atoms with Gasteiger partial charge in [-0.1, -0.05) is 42.8 Å². The summed E-state index contributed by atoms with van der Waals surface area (Å²) >= 11 is 6.48. The van der Waals surface area contributed by atoms with E-state index in [1.807, 2.05) is 43.3 Å². The van der Waals surface area contributed by atoms with E-state index >= 15 is 0 Å². The van der Waals surface area contributed by atoms with Crippen molar-refractivity contribution in [2.75, 3.05) is 52.0 Å². The average molecular weight is 792 g/mol. The van der Waals surface area contributed by atoms with Crippen molar-refractivity contribution in [3.05, 3.63) is 94.0 Å². The molecule has 4 aliphatic rings. The summed E-state index contributed by atoms with van der Waals surface area (Å²) in [6.07, 6.45) is 9.66. The number of nitrogens with one attached hydrogen (secondary N) is 2. The lowest BCUT2D eigenvalue weighted by molar-refractivity contribution is -0.0127. The smallest absolute Gasteiger partial charge is 0.264 e. The van der Waals surface area contributed by atoms with Gasteiger partial charge in [0.05, 0.1) is 44.5 Å². The van der Waals surface area contributed by atoms with Gasteiger partial charge in [-0.3, -0.25) is 4.79 Å². The monoisotopic (exact) mass is 791 g/mol. The summed E-state index contributed by atoms with van der Waals surface area (Å²) in [5.41, 5.74) is 4.39. The van der Waals surface area contributed by atoms with Crippen molar-refractivity contribution in [1.29, 1.82) is 0 Å². The van der Waals surface area contributed by atoms with E-state index in [0.717, 1.165) is 66.4 Å². The van der Waals surface area contributed by atoms with Crippen LogP contribution >= 0.6 is 11.6 Å². The molecule has 0 saturated heterocycles. The van der Waals surface area contributed by atoms with E-state index in [1.54, 1.807) is 27.2 Å². The van der Waals surface area contributed by atoms with Crippen molar-refractivity contribution in [2.45, 2.75) is 75.7 Å². The Labute approximate surface area is 330 Å². The second kappa shape index (κ2) is 16.8. The first-order chi connectivity index (χ1) is 26.5. The summed E-state index contributed by atoms with van der Waals surface area (Å²) in [5.74, 6) is 1.97. The second-order valence-corrected chi connectivity index (χ2v) is 18.3. The maximum absolute atomic E-state index is 13.6. The number of halogens is 1. The molecule has 3 aromatic carbocycles. The molecule has 7 rings (SSSR count). The van der Waals surface area contributed by atoms with Crippen LogP contribution in [0.3, 0.4) is 0 Å². The highest BCUT2D eigenvalue weighted by atomic mass is 35.5. The third-order valence-electron chi connectivity index (χ3n) is 12.4. The van der Waals surface area contributed by atoms with Crippen molar-refractivity contribution in [2.24, 2.45) is 17.8 Å². The molecule has 0 radical (unpaired) electrons. The van der Waals surface area contributed by atoms with E-state index in [1.165, 1.54) is 11.1 Å². The van der Waals surface area contributed by atoms with Gasteiger partial charge in [-0.05, 0) is 111 Å². The number of nitrogens with zero attached hydrogens (tertiary/aromatic N) is 1. The summed E-state index contributed by atoms with van der Waals surface area (Å²) in [6, 6.07) is 17.4. The van der Waals surface area contributed by atoms with Crippen molar-refractivity contribution in [3.8, 4) is 17.2 Å². The van der Waals surface area contributed by atoms with Crippen LogP contribution in [0.2, 0.25) is 5.02 Å². The Bertz CT molecular complexity index is 2010. The number of carbonyl (C=O) groups is 1. The molecule has 2 aliphatic carbocycles. The molecule has 1 amide bonds. The predicted octanol–water partition coefficient (Wildman–Crippen LogP) is 7.08. The van der Waals surface area contributed by atoms with Gasteiger partial charge < -0.3 is 29.2 Å². The highest BCUT2D eigenvalue weighted by molar-refractivity contribution is 7.90. The van der Waals surface area contributed by atoms with E-state index in [2.05, 4.69) is 39.2 Å². The number of ether oxygens (including phenoxy) is 4. The van der Waals surface area contributed by atoms with Crippen LogP contribution in [0.25, 0.3) is 0 Å². The fraction of sp³-hybridized carbons (Fsp3) is 0.512. The molecule has 55 heavy (non-hydrogen) atoms. The van der Waals surface area contributed by atoms with Crippen molar-refractivity contribution in [1.82, 2.24) is 10.0 Å². The molecule has 12 heteroatoms. The Morgan fingerprint density at radius 2 is 1.91 bits per heavy atom. The van der Waals surface area contributed by atoms with E-state index in [9.17, 15) is 13.2 Å². The Kier molecular flexibility index (Phi) is 12.0. The number of hydrogen-bond donors (Lipinski definition) is 2. The summed E-state index contributed by atoms with van der Waals surface area (Å²) in [7, 11) is -0.656. The molecule has 1 saturated carbocycles. The Hall–Kier alpha value is -3.77. The van der Waals surface area contributed by atoms with Gasteiger partial charge in [0.25, 0.3) is 5.91 Å². The number of hydrogen-bond acceptors (Lipinski definition) is 9. The first kappa shape index (κ1) is 39.5. The molecule has 1 spiro atoms. The van der Waals surface area contributed by atoms with Gasteiger partial charge in [0, 0.05) is 53.8 Å². The summed E-state index contributed by atoms with van der Waals surface area (Å²) in [4.78, 5) is 16.0. The maximum atomic E-state index is 13.6. The minimum absolute atomic E-state index is 0.136. The fourth-order valence-electron chi connectivity index (χ4n) is 8.81. The summed E-state index contributed by atoms with van der Waals surface area (Å²) in [6.45, 7) is 7.31. The molecular weight excluding hydrogens is 738 g/mol. The third kappa shape index (κ3) is 8.50. The van der Waals surface area contributed by atoms with Gasteiger partial charge in [0.2, 0.25) is 10.0 Å². The second-order valence-electron chi connectivity index (χ2n) is 15.8. The quantitative estimate of drug-likeness (QED) is 0.183. The first-order valence-electron chi connectivity index (χ1n) is 19.6. The van der Waals surface area contributed by atoms with Crippen LogP contribution in [0.15, 0.2) is 66.7 Å². The van der Waals surface area contributed by atoms with Gasteiger partial charge in [0.15, 0.2) is 0 Å². The van der Waals surface area contributed by atoms with Gasteiger partial charge in [0.1, 0.15) is 17.2 Å². The number of aryl methyl sites for hydroxylation is 1. The number of methoxy groups -OCH3 is 2. The lowest BCUT2D eigenvalue weighted by Crippen LogP contribution is -2.50. The Morgan fingerprint density at radius 3 is 2.69 bits per heavy atom. The molecule has 6 atom stereocenters. The van der Waals surface area contributed by atoms with Crippen molar-refractivity contribution < 1.29 is 32.2 Å². The van der Waals surface area contributed by atoms with Gasteiger partial charge in [-0.15, -0.1) is 0 Å². The minimum Gasteiger partial charge on any atom is -0.497 e. The van der Waals surface area contributed by atoms with Crippen molar-refractivity contribution in [3.63, 3.8) is 0 Å². The molecule has 3 aromatic rings. The number of anilines is 1.